The van der Waals surface area contributed by atoms with Crippen LogP contribution in [0.5, 0.6) is 5.75 Å². The van der Waals surface area contributed by atoms with Gasteiger partial charge >= 0.3 is 0 Å². The minimum absolute atomic E-state index is 0.0435. The predicted molar refractivity (Wildman–Crippen MR) is 109 cm³/mol. The Kier molecular flexibility index (Phi) is 5.13. The highest BCUT2D eigenvalue weighted by atomic mass is 16.5. The van der Waals surface area contributed by atoms with Crippen molar-refractivity contribution in [1.82, 2.24) is 0 Å². The van der Waals surface area contributed by atoms with Gasteiger partial charge in [-0.15, -0.1) is 0 Å². The topological polar surface area (TPSA) is 49.8 Å². The summed E-state index contributed by atoms with van der Waals surface area (Å²) in [5.74, 6) is 0.548. The van der Waals surface area contributed by atoms with E-state index in [1.54, 1.807) is 7.11 Å². The standard InChI is InChI=1S/C24H23NO3/c1-28-20-14-12-18(13-15-20)23-21(16-22(26)17-8-4-2-5-9-17)24(27)25(23)19-10-6-3-7-11-19/h2-15,21-23,26H,16H2,1H3/t21?,22-,23?/m1/s1. The Hall–Kier alpha value is -3.11. The van der Waals surface area contributed by atoms with Gasteiger partial charge in [0, 0.05) is 5.69 Å². The van der Waals surface area contributed by atoms with Gasteiger partial charge < -0.3 is 14.7 Å². The summed E-state index contributed by atoms with van der Waals surface area (Å²) in [6.45, 7) is 0. The van der Waals surface area contributed by atoms with Crippen molar-refractivity contribution in [2.24, 2.45) is 5.92 Å². The maximum atomic E-state index is 13.0. The summed E-state index contributed by atoms with van der Waals surface area (Å²) in [4.78, 5) is 14.8. The van der Waals surface area contributed by atoms with Crippen molar-refractivity contribution in [3.05, 3.63) is 96.1 Å². The number of carbonyl (C=O) groups is 1. The van der Waals surface area contributed by atoms with Gasteiger partial charge in [0.15, 0.2) is 0 Å². The molecule has 4 heteroatoms. The van der Waals surface area contributed by atoms with Crippen LogP contribution < -0.4 is 9.64 Å². The fourth-order valence-corrected chi connectivity index (χ4v) is 3.89. The van der Waals surface area contributed by atoms with Crippen LogP contribution in [-0.4, -0.2) is 18.1 Å². The zero-order chi connectivity index (χ0) is 19.5. The van der Waals surface area contributed by atoms with Crippen molar-refractivity contribution in [3.63, 3.8) is 0 Å². The Bertz CT molecular complexity index is 925. The Morgan fingerprint density at radius 2 is 1.54 bits per heavy atom. The molecule has 1 N–H and O–H groups in total. The molecule has 3 atom stereocenters. The van der Waals surface area contributed by atoms with Crippen molar-refractivity contribution >= 4 is 11.6 Å². The molecule has 1 amide bonds. The van der Waals surface area contributed by atoms with E-state index in [-0.39, 0.29) is 17.9 Å². The van der Waals surface area contributed by atoms with E-state index in [9.17, 15) is 9.90 Å². The molecule has 0 aromatic heterocycles. The van der Waals surface area contributed by atoms with E-state index in [0.717, 1.165) is 22.6 Å². The molecule has 1 heterocycles. The lowest BCUT2D eigenvalue weighted by molar-refractivity contribution is -0.132. The quantitative estimate of drug-likeness (QED) is 0.646. The molecule has 0 spiro atoms. The van der Waals surface area contributed by atoms with Crippen molar-refractivity contribution in [2.75, 3.05) is 12.0 Å². The molecule has 0 bridgehead atoms. The van der Waals surface area contributed by atoms with Crippen LogP contribution in [0.4, 0.5) is 5.69 Å². The van der Waals surface area contributed by atoms with Crippen LogP contribution >= 0.6 is 0 Å². The maximum Gasteiger partial charge on any atom is 0.233 e. The van der Waals surface area contributed by atoms with Crippen LogP contribution in [0.1, 0.15) is 29.7 Å². The summed E-state index contributed by atoms with van der Waals surface area (Å²) < 4.78 is 5.26. The lowest BCUT2D eigenvalue weighted by Gasteiger charge is -2.48. The van der Waals surface area contributed by atoms with E-state index in [1.165, 1.54) is 0 Å². The Morgan fingerprint density at radius 1 is 0.929 bits per heavy atom. The van der Waals surface area contributed by atoms with Crippen molar-refractivity contribution in [1.29, 1.82) is 0 Å². The van der Waals surface area contributed by atoms with Gasteiger partial charge in [-0.2, -0.15) is 0 Å². The number of anilines is 1. The van der Waals surface area contributed by atoms with Crippen molar-refractivity contribution in [2.45, 2.75) is 18.6 Å². The number of carbonyl (C=O) groups excluding carboxylic acids is 1. The molecule has 4 nitrogen and oxygen atoms in total. The molecule has 142 valence electrons. The molecule has 4 rings (SSSR count). The molecule has 0 radical (unpaired) electrons. The highest BCUT2D eigenvalue weighted by Gasteiger charge is 2.49. The molecule has 1 aliphatic heterocycles. The Balaban J connectivity index is 1.63. The molecule has 3 aromatic carbocycles. The highest BCUT2D eigenvalue weighted by Crippen LogP contribution is 2.47. The number of ether oxygens (including phenoxy) is 1. The smallest absolute Gasteiger partial charge is 0.233 e. The number of nitrogens with zero attached hydrogens (tertiary/aromatic N) is 1. The molecule has 0 saturated carbocycles. The number of methoxy groups -OCH3 is 1. The van der Waals surface area contributed by atoms with Gasteiger partial charge in [0.1, 0.15) is 5.75 Å². The van der Waals surface area contributed by atoms with Crippen LogP contribution in [0, 0.1) is 5.92 Å². The molecule has 1 fully saturated rings. The number of rotatable bonds is 6. The third-order valence-electron chi connectivity index (χ3n) is 5.37. The van der Waals surface area contributed by atoms with Crippen molar-refractivity contribution < 1.29 is 14.6 Å². The minimum Gasteiger partial charge on any atom is -0.497 e. The van der Waals surface area contributed by atoms with Crippen LogP contribution in [0.15, 0.2) is 84.9 Å². The summed E-state index contributed by atoms with van der Waals surface area (Å²) in [5, 5.41) is 10.7. The minimum atomic E-state index is -0.672. The van der Waals surface area contributed by atoms with Crippen molar-refractivity contribution in [3.8, 4) is 5.75 Å². The molecule has 2 unspecified atom stereocenters. The number of aliphatic hydroxyl groups is 1. The van der Waals surface area contributed by atoms with Gasteiger partial charge in [-0.3, -0.25) is 4.79 Å². The first-order valence-corrected chi connectivity index (χ1v) is 9.44. The summed E-state index contributed by atoms with van der Waals surface area (Å²) >= 11 is 0. The van der Waals surface area contributed by atoms with Gasteiger partial charge in [0.05, 0.1) is 25.2 Å². The number of benzene rings is 3. The molecule has 1 saturated heterocycles. The van der Waals surface area contributed by atoms with Crippen LogP contribution in [0.2, 0.25) is 0 Å². The molecule has 3 aromatic rings. The second-order valence-electron chi connectivity index (χ2n) is 7.03. The van der Waals surface area contributed by atoms with Gasteiger partial charge in [-0.05, 0) is 41.8 Å². The third kappa shape index (κ3) is 3.39. The van der Waals surface area contributed by atoms with E-state index in [4.69, 9.17) is 4.74 Å². The summed E-state index contributed by atoms with van der Waals surface area (Å²) in [5.41, 5.74) is 2.75. The maximum absolute atomic E-state index is 13.0. The Morgan fingerprint density at radius 3 is 2.14 bits per heavy atom. The number of hydrogen-bond acceptors (Lipinski definition) is 3. The van der Waals surface area contributed by atoms with Gasteiger partial charge in [0.2, 0.25) is 5.91 Å². The highest BCUT2D eigenvalue weighted by molar-refractivity contribution is 6.03. The number of aliphatic hydroxyl groups excluding tert-OH is 1. The van der Waals surface area contributed by atoms with Crippen LogP contribution in [0.25, 0.3) is 0 Å². The summed E-state index contributed by atoms with van der Waals surface area (Å²) in [6.07, 6.45) is -0.281. The fraction of sp³-hybridized carbons (Fsp3) is 0.208. The van der Waals surface area contributed by atoms with E-state index in [2.05, 4.69) is 0 Å². The second-order valence-corrected chi connectivity index (χ2v) is 7.03. The van der Waals surface area contributed by atoms with Gasteiger partial charge in [-0.25, -0.2) is 0 Å². The van der Waals surface area contributed by atoms with Gasteiger partial charge in [0.25, 0.3) is 0 Å². The van der Waals surface area contributed by atoms with E-state index in [1.807, 2.05) is 89.8 Å². The number of para-hydroxylation sites is 1. The zero-order valence-electron chi connectivity index (χ0n) is 15.7. The fourth-order valence-electron chi connectivity index (χ4n) is 3.89. The second kappa shape index (κ2) is 7.87. The number of amides is 1. The Labute approximate surface area is 165 Å². The average molecular weight is 373 g/mol. The molecular weight excluding hydrogens is 350 g/mol. The average Bonchev–Trinajstić information content (AvgIpc) is 2.76. The lowest BCUT2D eigenvalue weighted by atomic mass is 9.77. The third-order valence-corrected chi connectivity index (χ3v) is 5.37. The predicted octanol–water partition coefficient (Wildman–Crippen LogP) is 4.52. The van der Waals surface area contributed by atoms with E-state index in [0.29, 0.717) is 6.42 Å². The first-order chi connectivity index (χ1) is 13.7. The summed E-state index contributed by atoms with van der Waals surface area (Å²) in [7, 11) is 1.64. The monoisotopic (exact) mass is 373 g/mol. The van der Waals surface area contributed by atoms with E-state index >= 15 is 0 Å². The molecule has 1 aliphatic rings. The molecule has 28 heavy (non-hydrogen) atoms. The lowest BCUT2D eigenvalue weighted by Crippen LogP contribution is -2.55. The van der Waals surface area contributed by atoms with E-state index < -0.39 is 6.10 Å². The normalized spacial score (nSPS) is 19.8. The van der Waals surface area contributed by atoms with Crippen LogP contribution in [-0.2, 0) is 4.79 Å². The number of β-lactam (4-membered cyclic amide) rings is 1. The van der Waals surface area contributed by atoms with Crippen LogP contribution in [0.3, 0.4) is 0 Å². The van der Waals surface area contributed by atoms with Gasteiger partial charge in [-0.1, -0.05) is 60.7 Å². The zero-order valence-corrected chi connectivity index (χ0v) is 15.7. The molecular formula is C24H23NO3. The first-order valence-electron chi connectivity index (χ1n) is 9.44. The first kappa shape index (κ1) is 18.3. The SMILES string of the molecule is COc1ccc(C2C(C[C@@H](O)c3ccccc3)C(=O)N2c2ccccc2)cc1. The molecule has 0 aliphatic carbocycles. The summed E-state index contributed by atoms with van der Waals surface area (Å²) in [6, 6.07) is 26.9. The number of hydrogen-bond donors (Lipinski definition) is 1. The largest absolute Gasteiger partial charge is 0.497 e.